The van der Waals surface area contributed by atoms with Crippen molar-refractivity contribution in [3.63, 3.8) is 0 Å². The van der Waals surface area contributed by atoms with E-state index in [1.165, 1.54) is 5.56 Å². The van der Waals surface area contributed by atoms with Crippen molar-refractivity contribution in [3.05, 3.63) is 28.8 Å². The number of aryl methyl sites for hydroxylation is 3. The summed E-state index contributed by atoms with van der Waals surface area (Å²) in [5.41, 5.74) is 3.37. The van der Waals surface area contributed by atoms with Gasteiger partial charge < -0.3 is 15.4 Å². The summed E-state index contributed by atoms with van der Waals surface area (Å²) in [7, 11) is 0. The smallest absolute Gasteiger partial charge is 0.258 e. The van der Waals surface area contributed by atoms with Crippen LogP contribution in [0.25, 0.3) is 0 Å². The van der Waals surface area contributed by atoms with Gasteiger partial charge in [0.25, 0.3) is 5.91 Å². The zero-order valence-electron chi connectivity index (χ0n) is 13.9. The van der Waals surface area contributed by atoms with Gasteiger partial charge in [-0.2, -0.15) is 0 Å². The van der Waals surface area contributed by atoms with Gasteiger partial charge in [0.2, 0.25) is 0 Å². The molecule has 2 N–H and O–H groups in total. The van der Waals surface area contributed by atoms with Crippen molar-refractivity contribution < 1.29 is 9.53 Å². The SMILES string of the molecule is Cc1cc(C)c(OCC(=O)NC2CCNCC2C)c(C)c1.Cl. The third kappa shape index (κ3) is 4.89. The van der Waals surface area contributed by atoms with Crippen LogP contribution in [0.15, 0.2) is 12.1 Å². The molecule has 0 aromatic heterocycles. The minimum Gasteiger partial charge on any atom is -0.483 e. The Balaban J connectivity index is 0.00000242. The fourth-order valence-electron chi connectivity index (χ4n) is 3.01. The van der Waals surface area contributed by atoms with Crippen molar-refractivity contribution in [2.75, 3.05) is 19.7 Å². The first-order valence-electron chi connectivity index (χ1n) is 7.68. The van der Waals surface area contributed by atoms with E-state index in [2.05, 4.69) is 36.6 Å². The highest BCUT2D eigenvalue weighted by Gasteiger charge is 2.22. The van der Waals surface area contributed by atoms with Crippen LogP contribution in [0.3, 0.4) is 0 Å². The topological polar surface area (TPSA) is 50.4 Å². The lowest BCUT2D eigenvalue weighted by atomic mass is 9.95. The van der Waals surface area contributed by atoms with E-state index in [0.29, 0.717) is 5.92 Å². The first kappa shape index (κ1) is 18.8. The molecular formula is C17H27ClN2O2. The van der Waals surface area contributed by atoms with Crippen LogP contribution in [0.2, 0.25) is 0 Å². The number of rotatable bonds is 4. The van der Waals surface area contributed by atoms with Crippen LogP contribution in [0.1, 0.15) is 30.0 Å². The van der Waals surface area contributed by atoms with Gasteiger partial charge in [0, 0.05) is 6.04 Å². The number of nitrogens with one attached hydrogen (secondary N) is 2. The van der Waals surface area contributed by atoms with E-state index in [9.17, 15) is 4.79 Å². The Bertz CT molecular complexity index is 496. The number of piperidine rings is 1. The van der Waals surface area contributed by atoms with Crippen molar-refractivity contribution in [2.45, 2.75) is 40.2 Å². The average Bonchev–Trinajstić information content (AvgIpc) is 2.40. The number of carbonyl (C=O) groups excluding carboxylic acids is 1. The predicted octanol–water partition coefficient (Wildman–Crippen LogP) is 2.53. The van der Waals surface area contributed by atoms with E-state index in [0.717, 1.165) is 36.4 Å². The van der Waals surface area contributed by atoms with Gasteiger partial charge in [-0.1, -0.05) is 24.6 Å². The van der Waals surface area contributed by atoms with E-state index < -0.39 is 0 Å². The van der Waals surface area contributed by atoms with E-state index in [4.69, 9.17) is 4.74 Å². The third-order valence-corrected chi connectivity index (χ3v) is 4.08. The molecule has 0 saturated carbocycles. The summed E-state index contributed by atoms with van der Waals surface area (Å²) < 4.78 is 5.73. The molecule has 2 rings (SSSR count). The number of carbonyl (C=O) groups is 1. The van der Waals surface area contributed by atoms with Gasteiger partial charge in [0.05, 0.1) is 0 Å². The molecule has 22 heavy (non-hydrogen) atoms. The monoisotopic (exact) mass is 326 g/mol. The summed E-state index contributed by atoms with van der Waals surface area (Å²) >= 11 is 0. The first-order chi connectivity index (χ1) is 9.97. The van der Waals surface area contributed by atoms with Crippen molar-refractivity contribution >= 4 is 18.3 Å². The summed E-state index contributed by atoms with van der Waals surface area (Å²) in [6, 6.07) is 4.41. The molecule has 1 aromatic rings. The number of halogens is 1. The van der Waals surface area contributed by atoms with Crippen LogP contribution >= 0.6 is 12.4 Å². The van der Waals surface area contributed by atoms with Crippen molar-refractivity contribution in [1.29, 1.82) is 0 Å². The summed E-state index contributed by atoms with van der Waals surface area (Å²) in [5, 5.41) is 6.42. The second-order valence-corrected chi connectivity index (χ2v) is 6.16. The van der Waals surface area contributed by atoms with Gasteiger partial charge in [0.1, 0.15) is 5.75 Å². The molecule has 1 saturated heterocycles. The summed E-state index contributed by atoms with van der Waals surface area (Å²) in [6.45, 7) is 10.3. The molecule has 0 aliphatic carbocycles. The first-order valence-corrected chi connectivity index (χ1v) is 7.68. The standard InChI is InChI=1S/C17H26N2O2.ClH/c1-11-7-12(2)17(13(3)8-11)21-10-16(20)19-15-5-6-18-9-14(15)4;/h7-8,14-15,18H,5-6,9-10H2,1-4H3,(H,19,20);1H. The van der Waals surface area contributed by atoms with E-state index in [1.54, 1.807) is 0 Å². The Kier molecular flexibility index (Phi) is 7.17. The van der Waals surface area contributed by atoms with E-state index in [-0.39, 0.29) is 31.0 Å². The molecular weight excluding hydrogens is 300 g/mol. The second kappa shape index (κ2) is 8.39. The summed E-state index contributed by atoms with van der Waals surface area (Å²) in [4.78, 5) is 12.1. The van der Waals surface area contributed by atoms with Gasteiger partial charge >= 0.3 is 0 Å². The van der Waals surface area contributed by atoms with Crippen LogP contribution in [-0.4, -0.2) is 31.6 Å². The van der Waals surface area contributed by atoms with Crippen molar-refractivity contribution in [3.8, 4) is 5.75 Å². The largest absolute Gasteiger partial charge is 0.483 e. The molecule has 1 aliphatic rings. The molecule has 1 amide bonds. The molecule has 0 radical (unpaired) electrons. The predicted molar refractivity (Wildman–Crippen MR) is 92.0 cm³/mol. The lowest BCUT2D eigenvalue weighted by molar-refractivity contribution is -0.124. The van der Waals surface area contributed by atoms with Crippen LogP contribution in [0.4, 0.5) is 0 Å². The van der Waals surface area contributed by atoms with Crippen LogP contribution in [0.5, 0.6) is 5.75 Å². The maximum Gasteiger partial charge on any atom is 0.258 e. The van der Waals surface area contributed by atoms with Gasteiger partial charge in [-0.25, -0.2) is 0 Å². The van der Waals surface area contributed by atoms with Crippen LogP contribution < -0.4 is 15.4 Å². The third-order valence-electron chi connectivity index (χ3n) is 4.08. The molecule has 2 atom stereocenters. The molecule has 0 bridgehead atoms. The van der Waals surface area contributed by atoms with Crippen molar-refractivity contribution in [2.24, 2.45) is 5.92 Å². The minimum absolute atomic E-state index is 0. The summed E-state index contributed by atoms with van der Waals surface area (Å²) in [5.74, 6) is 1.26. The van der Waals surface area contributed by atoms with E-state index >= 15 is 0 Å². The molecule has 0 spiro atoms. The van der Waals surface area contributed by atoms with Gasteiger partial charge in [-0.3, -0.25) is 4.79 Å². The highest BCUT2D eigenvalue weighted by atomic mass is 35.5. The average molecular weight is 327 g/mol. The lowest BCUT2D eigenvalue weighted by Gasteiger charge is -2.30. The molecule has 1 aromatic carbocycles. The zero-order valence-corrected chi connectivity index (χ0v) is 14.7. The molecule has 2 unspecified atom stereocenters. The quantitative estimate of drug-likeness (QED) is 0.894. The zero-order chi connectivity index (χ0) is 15.4. The number of hydrogen-bond acceptors (Lipinski definition) is 3. The summed E-state index contributed by atoms with van der Waals surface area (Å²) in [6.07, 6.45) is 0.982. The maximum absolute atomic E-state index is 12.1. The van der Waals surface area contributed by atoms with Crippen LogP contribution in [0, 0.1) is 26.7 Å². The van der Waals surface area contributed by atoms with E-state index in [1.807, 2.05) is 13.8 Å². The number of hydrogen-bond donors (Lipinski definition) is 2. The van der Waals surface area contributed by atoms with Gasteiger partial charge in [0.15, 0.2) is 6.61 Å². The fraction of sp³-hybridized carbons (Fsp3) is 0.588. The number of benzene rings is 1. The Morgan fingerprint density at radius 2 is 1.95 bits per heavy atom. The number of amides is 1. The Morgan fingerprint density at radius 3 is 2.55 bits per heavy atom. The molecule has 5 heteroatoms. The normalized spacial score (nSPS) is 20.9. The highest BCUT2D eigenvalue weighted by molar-refractivity contribution is 5.85. The Morgan fingerprint density at radius 1 is 1.32 bits per heavy atom. The fourth-order valence-corrected chi connectivity index (χ4v) is 3.01. The molecule has 1 fully saturated rings. The van der Waals surface area contributed by atoms with Gasteiger partial charge in [-0.15, -0.1) is 12.4 Å². The molecule has 1 aliphatic heterocycles. The molecule has 124 valence electrons. The molecule has 1 heterocycles. The minimum atomic E-state index is -0.0341. The number of ether oxygens (including phenoxy) is 1. The Labute approximate surface area is 139 Å². The van der Waals surface area contributed by atoms with Crippen molar-refractivity contribution in [1.82, 2.24) is 10.6 Å². The molecule has 4 nitrogen and oxygen atoms in total. The lowest BCUT2D eigenvalue weighted by Crippen LogP contribution is -2.49. The highest BCUT2D eigenvalue weighted by Crippen LogP contribution is 2.24. The Hall–Kier alpha value is -1.26. The second-order valence-electron chi connectivity index (χ2n) is 6.16. The van der Waals surface area contributed by atoms with Gasteiger partial charge in [-0.05, 0) is 57.3 Å². The maximum atomic E-state index is 12.1. The van der Waals surface area contributed by atoms with Crippen LogP contribution in [-0.2, 0) is 4.79 Å².